The van der Waals surface area contributed by atoms with Crippen molar-refractivity contribution >= 4 is 22.6 Å². The lowest BCUT2D eigenvalue weighted by molar-refractivity contribution is -0.0982. The second kappa shape index (κ2) is 3.37. The van der Waals surface area contributed by atoms with E-state index < -0.39 is 0 Å². The topological polar surface area (TPSA) is 9.23 Å². The molecular weight excluding hydrogens is 275 g/mol. The first-order valence-electron chi connectivity index (χ1n) is 5.36. The highest BCUT2D eigenvalue weighted by molar-refractivity contribution is 14.1. The Balaban J connectivity index is 2.11. The first kappa shape index (κ1) is 10.2. The van der Waals surface area contributed by atoms with Gasteiger partial charge in [0.2, 0.25) is 0 Å². The van der Waals surface area contributed by atoms with Crippen molar-refractivity contribution in [1.29, 1.82) is 0 Å². The van der Waals surface area contributed by atoms with Crippen molar-refractivity contribution in [2.45, 2.75) is 57.2 Å². The second-order valence-corrected chi connectivity index (χ2v) is 5.81. The van der Waals surface area contributed by atoms with Crippen molar-refractivity contribution in [3.8, 4) is 0 Å². The standard InChI is InChI=1S/C11H19IO/c1-9-4-3-5-11(9)7-6-10(2,8-12)13-11/h9H,3-8H2,1-2H3. The minimum absolute atomic E-state index is 0.180. The highest BCUT2D eigenvalue weighted by Gasteiger charge is 2.50. The van der Waals surface area contributed by atoms with E-state index in [1.165, 1.54) is 32.1 Å². The summed E-state index contributed by atoms with van der Waals surface area (Å²) >= 11 is 2.46. The van der Waals surface area contributed by atoms with Crippen LogP contribution in [0, 0.1) is 5.92 Å². The third-order valence-corrected chi connectivity index (χ3v) is 5.56. The third-order valence-electron chi connectivity index (χ3n) is 3.94. The lowest BCUT2D eigenvalue weighted by Gasteiger charge is -2.32. The van der Waals surface area contributed by atoms with E-state index in [1.54, 1.807) is 0 Å². The molecule has 2 fully saturated rings. The van der Waals surface area contributed by atoms with E-state index in [0.717, 1.165) is 10.3 Å². The number of hydrogen-bond donors (Lipinski definition) is 0. The zero-order valence-corrected chi connectivity index (χ0v) is 10.8. The summed E-state index contributed by atoms with van der Waals surface area (Å²) in [5.74, 6) is 0.789. The molecule has 1 saturated heterocycles. The van der Waals surface area contributed by atoms with Crippen molar-refractivity contribution in [3.63, 3.8) is 0 Å². The van der Waals surface area contributed by atoms with Gasteiger partial charge in [0.25, 0.3) is 0 Å². The third kappa shape index (κ3) is 1.65. The molecule has 0 aromatic heterocycles. The fourth-order valence-corrected chi connectivity index (χ4v) is 3.44. The molecule has 1 aliphatic heterocycles. The normalized spacial score (nSPS) is 50.5. The van der Waals surface area contributed by atoms with Crippen LogP contribution in [0.2, 0.25) is 0 Å². The Labute approximate surface area is 94.8 Å². The van der Waals surface area contributed by atoms with Crippen LogP contribution >= 0.6 is 22.6 Å². The molecule has 1 aliphatic carbocycles. The zero-order valence-electron chi connectivity index (χ0n) is 8.61. The van der Waals surface area contributed by atoms with E-state index in [1.807, 2.05) is 0 Å². The quantitative estimate of drug-likeness (QED) is 0.531. The highest BCUT2D eigenvalue weighted by atomic mass is 127. The molecule has 13 heavy (non-hydrogen) atoms. The molecule has 0 aromatic carbocycles. The van der Waals surface area contributed by atoms with Crippen LogP contribution in [0.25, 0.3) is 0 Å². The lowest BCUT2D eigenvalue weighted by Crippen LogP contribution is -2.36. The van der Waals surface area contributed by atoms with Crippen molar-refractivity contribution in [2.75, 3.05) is 4.43 Å². The van der Waals surface area contributed by atoms with Gasteiger partial charge in [-0.3, -0.25) is 0 Å². The Morgan fingerprint density at radius 2 is 2.15 bits per heavy atom. The number of halogens is 1. The number of hydrogen-bond acceptors (Lipinski definition) is 1. The van der Waals surface area contributed by atoms with E-state index >= 15 is 0 Å². The van der Waals surface area contributed by atoms with Gasteiger partial charge in [-0.15, -0.1) is 0 Å². The summed E-state index contributed by atoms with van der Waals surface area (Å²) in [5.41, 5.74) is 0.457. The van der Waals surface area contributed by atoms with Crippen LogP contribution < -0.4 is 0 Å². The maximum atomic E-state index is 6.35. The molecular formula is C11H19IO. The van der Waals surface area contributed by atoms with Gasteiger partial charge < -0.3 is 4.74 Å². The number of ether oxygens (including phenoxy) is 1. The van der Waals surface area contributed by atoms with Gasteiger partial charge in [0.05, 0.1) is 11.2 Å². The average molecular weight is 294 g/mol. The maximum Gasteiger partial charge on any atom is 0.0752 e. The zero-order chi connectivity index (χ0) is 9.53. The van der Waals surface area contributed by atoms with Crippen molar-refractivity contribution in [3.05, 3.63) is 0 Å². The molecule has 0 N–H and O–H groups in total. The molecule has 0 bridgehead atoms. The summed E-state index contributed by atoms with van der Waals surface area (Å²) < 4.78 is 7.49. The van der Waals surface area contributed by atoms with Gasteiger partial charge in [0, 0.05) is 4.43 Å². The molecule has 3 atom stereocenters. The van der Waals surface area contributed by atoms with Crippen LogP contribution in [0.3, 0.4) is 0 Å². The molecule has 3 unspecified atom stereocenters. The number of rotatable bonds is 1. The van der Waals surface area contributed by atoms with Crippen LogP contribution in [0.4, 0.5) is 0 Å². The van der Waals surface area contributed by atoms with Gasteiger partial charge in [-0.1, -0.05) is 35.9 Å². The van der Waals surface area contributed by atoms with E-state index in [-0.39, 0.29) is 11.2 Å². The minimum Gasteiger partial charge on any atom is -0.368 e. The fourth-order valence-electron chi connectivity index (χ4n) is 2.90. The summed E-state index contributed by atoms with van der Waals surface area (Å²) in [5, 5.41) is 0. The molecule has 1 saturated carbocycles. The second-order valence-electron chi connectivity index (χ2n) is 5.04. The Hall–Kier alpha value is 0.690. The van der Waals surface area contributed by atoms with Crippen LogP contribution in [-0.4, -0.2) is 15.6 Å². The SMILES string of the molecule is CC1CCCC12CCC(C)(CI)O2. The Kier molecular flexibility index (Phi) is 2.65. The molecule has 2 rings (SSSR count). The van der Waals surface area contributed by atoms with Gasteiger partial charge >= 0.3 is 0 Å². The molecule has 0 aromatic rings. The summed E-state index contributed by atoms with van der Waals surface area (Å²) in [6.07, 6.45) is 6.62. The fraction of sp³-hybridized carbons (Fsp3) is 1.00. The Morgan fingerprint density at radius 1 is 1.38 bits per heavy atom. The molecule has 76 valence electrons. The van der Waals surface area contributed by atoms with Gasteiger partial charge in [-0.2, -0.15) is 0 Å². The molecule has 0 radical (unpaired) electrons. The van der Waals surface area contributed by atoms with Crippen molar-refractivity contribution < 1.29 is 4.74 Å². The monoisotopic (exact) mass is 294 g/mol. The van der Waals surface area contributed by atoms with E-state index in [9.17, 15) is 0 Å². The van der Waals surface area contributed by atoms with Gasteiger partial charge in [-0.05, 0) is 38.5 Å². The molecule has 2 heteroatoms. The van der Waals surface area contributed by atoms with E-state index in [4.69, 9.17) is 4.74 Å². The summed E-state index contributed by atoms with van der Waals surface area (Å²) in [4.78, 5) is 0. The summed E-state index contributed by atoms with van der Waals surface area (Å²) in [6.45, 7) is 4.64. The van der Waals surface area contributed by atoms with Gasteiger partial charge in [0.15, 0.2) is 0 Å². The maximum absolute atomic E-state index is 6.35. The Bertz CT molecular complexity index is 206. The largest absolute Gasteiger partial charge is 0.368 e. The summed E-state index contributed by atoms with van der Waals surface area (Å²) in [6, 6.07) is 0. The van der Waals surface area contributed by atoms with E-state index in [0.29, 0.717) is 0 Å². The molecule has 1 spiro atoms. The molecule has 2 aliphatic rings. The average Bonchev–Trinajstić information content (AvgIpc) is 2.62. The first-order valence-corrected chi connectivity index (χ1v) is 6.89. The smallest absolute Gasteiger partial charge is 0.0752 e. The van der Waals surface area contributed by atoms with Gasteiger partial charge in [-0.25, -0.2) is 0 Å². The van der Waals surface area contributed by atoms with Crippen LogP contribution in [0.15, 0.2) is 0 Å². The van der Waals surface area contributed by atoms with E-state index in [2.05, 4.69) is 36.4 Å². The van der Waals surface area contributed by atoms with Gasteiger partial charge in [0.1, 0.15) is 0 Å². The van der Waals surface area contributed by atoms with Crippen LogP contribution in [0.5, 0.6) is 0 Å². The summed E-state index contributed by atoms with van der Waals surface area (Å²) in [7, 11) is 0. The highest BCUT2D eigenvalue weighted by Crippen LogP contribution is 2.50. The minimum atomic E-state index is 0.180. The predicted octanol–water partition coefficient (Wildman–Crippen LogP) is 3.55. The Morgan fingerprint density at radius 3 is 2.62 bits per heavy atom. The number of alkyl halides is 1. The van der Waals surface area contributed by atoms with Crippen LogP contribution in [-0.2, 0) is 4.74 Å². The first-order chi connectivity index (χ1) is 6.10. The van der Waals surface area contributed by atoms with Crippen molar-refractivity contribution in [1.82, 2.24) is 0 Å². The molecule has 0 amide bonds. The molecule has 1 heterocycles. The predicted molar refractivity (Wildman–Crippen MR) is 63.4 cm³/mol. The van der Waals surface area contributed by atoms with Crippen molar-refractivity contribution in [2.24, 2.45) is 5.92 Å². The van der Waals surface area contributed by atoms with Crippen LogP contribution in [0.1, 0.15) is 46.0 Å². The lowest BCUT2D eigenvalue weighted by atomic mass is 9.89. The molecule has 1 nitrogen and oxygen atoms in total.